The number of benzene rings is 1. The molecule has 0 saturated heterocycles. The summed E-state index contributed by atoms with van der Waals surface area (Å²) in [5.41, 5.74) is 3.25. The van der Waals surface area contributed by atoms with Gasteiger partial charge in [0.05, 0.1) is 31.4 Å². The number of hydrogen-bond acceptors (Lipinski definition) is 4. The number of amides is 1. The van der Waals surface area contributed by atoms with E-state index in [9.17, 15) is 9.90 Å². The van der Waals surface area contributed by atoms with Crippen LogP contribution in [0.25, 0.3) is 0 Å². The number of nitrogens with zero attached hydrogens (tertiary/aromatic N) is 2. The molecule has 0 aliphatic heterocycles. The molecule has 0 fully saturated rings. The predicted molar refractivity (Wildman–Crippen MR) is 103 cm³/mol. The summed E-state index contributed by atoms with van der Waals surface area (Å²) in [4.78, 5) is 12.2. The van der Waals surface area contributed by atoms with E-state index in [1.807, 2.05) is 20.2 Å². The quantitative estimate of drug-likeness (QED) is 0.641. The van der Waals surface area contributed by atoms with Gasteiger partial charge in [-0.2, -0.15) is 5.10 Å². The van der Waals surface area contributed by atoms with E-state index in [0.29, 0.717) is 5.92 Å². The molecule has 1 heterocycles. The summed E-state index contributed by atoms with van der Waals surface area (Å²) in [6.45, 7) is 6.42. The molecule has 2 atom stereocenters. The van der Waals surface area contributed by atoms with Crippen molar-refractivity contribution < 1.29 is 9.90 Å². The third-order valence-corrected chi connectivity index (χ3v) is 4.32. The third kappa shape index (κ3) is 5.97. The number of carbonyl (C=O) groups excluding carboxylic acids is 1. The smallest absolute Gasteiger partial charge is 0.234 e. The Balaban J connectivity index is 1.84. The van der Waals surface area contributed by atoms with Gasteiger partial charge in [-0.25, -0.2) is 0 Å². The van der Waals surface area contributed by atoms with Gasteiger partial charge >= 0.3 is 0 Å². The molecule has 6 nitrogen and oxygen atoms in total. The number of nitrogens with one attached hydrogen (secondary N) is 2. The van der Waals surface area contributed by atoms with Gasteiger partial charge < -0.3 is 10.4 Å². The molecular weight excluding hydrogens is 328 g/mol. The zero-order chi connectivity index (χ0) is 19.1. The summed E-state index contributed by atoms with van der Waals surface area (Å²) >= 11 is 0. The molecule has 0 aliphatic carbocycles. The van der Waals surface area contributed by atoms with Crippen molar-refractivity contribution in [3.63, 3.8) is 0 Å². The van der Waals surface area contributed by atoms with Crippen LogP contribution in [0.3, 0.4) is 0 Å². The molecule has 2 unspecified atom stereocenters. The molecule has 1 amide bonds. The second-order valence-corrected chi connectivity index (χ2v) is 7.19. The minimum Gasteiger partial charge on any atom is -0.394 e. The minimum absolute atomic E-state index is 0.0663. The molecule has 0 spiro atoms. The summed E-state index contributed by atoms with van der Waals surface area (Å²) in [6.07, 6.45) is 4.57. The van der Waals surface area contributed by atoms with Gasteiger partial charge in [0.25, 0.3) is 0 Å². The highest BCUT2D eigenvalue weighted by Gasteiger charge is 2.15. The lowest BCUT2D eigenvalue weighted by Gasteiger charge is -2.18. The Labute approximate surface area is 155 Å². The molecule has 1 aromatic heterocycles. The van der Waals surface area contributed by atoms with E-state index in [1.54, 1.807) is 10.9 Å². The number of carbonyl (C=O) groups is 1. The van der Waals surface area contributed by atoms with Crippen LogP contribution in [0.4, 0.5) is 0 Å². The largest absolute Gasteiger partial charge is 0.394 e. The van der Waals surface area contributed by atoms with Crippen molar-refractivity contribution in [2.24, 2.45) is 13.0 Å². The van der Waals surface area contributed by atoms with Gasteiger partial charge in [0, 0.05) is 18.8 Å². The highest BCUT2D eigenvalue weighted by Crippen LogP contribution is 2.15. The summed E-state index contributed by atoms with van der Waals surface area (Å²) in [7, 11) is 1.82. The maximum absolute atomic E-state index is 12.2. The van der Waals surface area contributed by atoms with Gasteiger partial charge in [-0.05, 0) is 30.4 Å². The monoisotopic (exact) mass is 358 g/mol. The number of aryl methyl sites for hydroxylation is 1. The Hall–Kier alpha value is -2.18. The van der Waals surface area contributed by atoms with E-state index in [-0.39, 0.29) is 31.1 Å². The molecule has 26 heavy (non-hydrogen) atoms. The normalized spacial score (nSPS) is 13.6. The summed E-state index contributed by atoms with van der Waals surface area (Å²) in [6, 6.07) is 8.02. The Morgan fingerprint density at radius 1 is 1.19 bits per heavy atom. The fourth-order valence-electron chi connectivity index (χ4n) is 2.91. The number of aliphatic hydroxyl groups is 1. The van der Waals surface area contributed by atoms with E-state index in [1.165, 1.54) is 5.56 Å². The molecule has 0 aliphatic rings. The summed E-state index contributed by atoms with van der Waals surface area (Å²) < 4.78 is 1.67. The van der Waals surface area contributed by atoms with Crippen LogP contribution in [0.5, 0.6) is 0 Å². The van der Waals surface area contributed by atoms with Crippen molar-refractivity contribution in [1.29, 1.82) is 0 Å². The van der Waals surface area contributed by atoms with Crippen LogP contribution in [0, 0.1) is 5.92 Å². The van der Waals surface area contributed by atoms with Gasteiger partial charge in [0.2, 0.25) is 5.91 Å². The first-order chi connectivity index (χ1) is 12.4. The fraction of sp³-hybridized carbons (Fsp3) is 0.500. The lowest BCUT2D eigenvalue weighted by Crippen LogP contribution is -2.37. The van der Waals surface area contributed by atoms with Crippen LogP contribution in [-0.4, -0.2) is 33.9 Å². The Bertz CT molecular complexity index is 694. The van der Waals surface area contributed by atoms with Crippen molar-refractivity contribution >= 4 is 5.91 Å². The molecule has 0 radical (unpaired) electrons. The Morgan fingerprint density at radius 3 is 2.42 bits per heavy atom. The van der Waals surface area contributed by atoms with Gasteiger partial charge in [-0.3, -0.25) is 14.8 Å². The van der Waals surface area contributed by atoms with Crippen LogP contribution in [0.2, 0.25) is 0 Å². The van der Waals surface area contributed by atoms with Crippen LogP contribution < -0.4 is 10.6 Å². The first kappa shape index (κ1) is 20.1. The van der Waals surface area contributed by atoms with Gasteiger partial charge in [-0.15, -0.1) is 0 Å². The Kier molecular flexibility index (Phi) is 7.36. The van der Waals surface area contributed by atoms with Crippen molar-refractivity contribution in [1.82, 2.24) is 20.4 Å². The van der Waals surface area contributed by atoms with E-state index >= 15 is 0 Å². The van der Waals surface area contributed by atoms with Crippen LogP contribution in [0.1, 0.15) is 49.5 Å². The first-order valence-electron chi connectivity index (χ1n) is 9.10. The van der Waals surface area contributed by atoms with E-state index in [4.69, 9.17) is 0 Å². The molecule has 2 rings (SSSR count). The van der Waals surface area contributed by atoms with Gasteiger partial charge in [-0.1, -0.05) is 38.1 Å². The maximum atomic E-state index is 12.2. The number of hydrogen-bond donors (Lipinski definition) is 3. The predicted octanol–water partition coefficient (Wildman–Crippen LogP) is 2.12. The third-order valence-electron chi connectivity index (χ3n) is 4.32. The zero-order valence-electron chi connectivity index (χ0n) is 16.1. The van der Waals surface area contributed by atoms with Crippen LogP contribution in [-0.2, 0) is 18.3 Å². The topological polar surface area (TPSA) is 79.2 Å². The molecule has 0 saturated carbocycles. The van der Waals surface area contributed by atoms with E-state index in [0.717, 1.165) is 17.5 Å². The number of rotatable bonds is 9. The van der Waals surface area contributed by atoms with Crippen molar-refractivity contribution in [2.75, 3.05) is 13.2 Å². The second-order valence-electron chi connectivity index (χ2n) is 7.19. The average Bonchev–Trinajstić information content (AvgIpc) is 3.01. The molecule has 2 aromatic rings. The number of aromatic nitrogens is 2. The zero-order valence-corrected chi connectivity index (χ0v) is 16.1. The average molecular weight is 358 g/mol. The highest BCUT2D eigenvalue weighted by molar-refractivity contribution is 5.78. The van der Waals surface area contributed by atoms with Crippen LogP contribution in [0.15, 0.2) is 36.7 Å². The van der Waals surface area contributed by atoms with Crippen molar-refractivity contribution in [3.05, 3.63) is 53.3 Å². The van der Waals surface area contributed by atoms with E-state index in [2.05, 4.69) is 53.8 Å². The molecule has 6 heteroatoms. The SMILES string of the molecule is CC(C)Cc1ccc(C(C)NC(=O)CNC(CO)c2cnn(C)c2)cc1. The van der Waals surface area contributed by atoms with Crippen LogP contribution >= 0.6 is 0 Å². The standard InChI is InChI=1S/C20H30N4O2/c1-14(2)9-16-5-7-17(8-6-16)15(3)23-20(26)11-21-19(13-25)18-10-22-24(4)12-18/h5-8,10,12,14-15,19,21,25H,9,11,13H2,1-4H3,(H,23,26). The molecule has 0 bridgehead atoms. The number of aliphatic hydroxyl groups excluding tert-OH is 1. The van der Waals surface area contributed by atoms with Gasteiger partial charge in [0.1, 0.15) is 0 Å². The molecule has 142 valence electrons. The summed E-state index contributed by atoms with van der Waals surface area (Å²) in [5.74, 6) is 0.523. The highest BCUT2D eigenvalue weighted by atomic mass is 16.3. The fourth-order valence-corrected chi connectivity index (χ4v) is 2.91. The second kappa shape index (κ2) is 9.50. The first-order valence-corrected chi connectivity index (χ1v) is 9.10. The molecule has 3 N–H and O–H groups in total. The van der Waals surface area contributed by atoms with E-state index < -0.39 is 0 Å². The maximum Gasteiger partial charge on any atom is 0.234 e. The van der Waals surface area contributed by atoms with Crippen molar-refractivity contribution in [2.45, 2.75) is 39.3 Å². The van der Waals surface area contributed by atoms with Crippen molar-refractivity contribution in [3.8, 4) is 0 Å². The minimum atomic E-state index is -0.305. The van der Waals surface area contributed by atoms with Gasteiger partial charge in [0.15, 0.2) is 0 Å². The lowest BCUT2D eigenvalue weighted by molar-refractivity contribution is -0.121. The Morgan fingerprint density at radius 2 is 1.88 bits per heavy atom. The molecule has 1 aromatic carbocycles. The lowest BCUT2D eigenvalue weighted by atomic mass is 10.00. The molecular formula is C20H30N4O2. The summed E-state index contributed by atoms with van der Waals surface area (Å²) in [5, 5.41) is 19.7.